The fraction of sp³-hybridized carbons (Fsp3) is 0.0625. The number of allylic oxidation sites excluding steroid dienone is 1. The molecular formula is C16H10Br2O2. The van der Waals surface area contributed by atoms with E-state index in [4.69, 9.17) is 0 Å². The normalized spacial score (nSPS) is 15.7. The lowest BCUT2D eigenvalue weighted by Crippen LogP contribution is -1.95. The van der Waals surface area contributed by atoms with Crippen LogP contribution in [0.3, 0.4) is 0 Å². The summed E-state index contributed by atoms with van der Waals surface area (Å²) in [5.74, 6) is 0.245. The van der Waals surface area contributed by atoms with Crippen molar-refractivity contribution in [2.24, 2.45) is 0 Å². The van der Waals surface area contributed by atoms with Gasteiger partial charge in [0.05, 0.1) is 8.95 Å². The maximum atomic E-state index is 12.3. The molecule has 2 nitrogen and oxygen atoms in total. The van der Waals surface area contributed by atoms with Crippen LogP contribution in [0.15, 0.2) is 50.9 Å². The van der Waals surface area contributed by atoms with Gasteiger partial charge in [-0.05, 0) is 61.2 Å². The van der Waals surface area contributed by atoms with E-state index in [1.54, 1.807) is 12.1 Å². The number of phenolic OH excluding ortho intramolecular Hbond substituents is 1. The monoisotopic (exact) mass is 392 g/mol. The number of hydrogen-bond donors (Lipinski definition) is 1. The van der Waals surface area contributed by atoms with E-state index in [0.717, 1.165) is 22.3 Å². The minimum Gasteiger partial charge on any atom is -0.506 e. The topological polar surface area (TPSA) is 37.3 Å². The van der Waals surface area contributed by atoms with Crippen molar-refractivity contribution >= 4 is 43.7 Å². The third-order valence-corrected chi connectivity index (χ3v) is 4.52. The molecule has 1 N–H and O–H groups in total. The Balaban J connectivity index is 2.02. The summed E-state index contributed by atoms with van der Waals surface area (Å²) in [6.07, 6.45) is 2.53. The Morgan fingerprint density at radius 3 is 2.40 bits per heavy atom. The maximum Gasteiger partial charge on any atom is 0.189 e. The van der Waals surface area contributed by atoms with Gasteiger partial charge in [-0.2, -0.15) is 0 Å². The first-order chi connectivity index (χ1) is 9.56. The molecule has 0 aromatic heterocycles. The molecule has 0 saturated carbocycles. The summed E-state index contributed by atoms with van der Waals surface area (Å²) in [7, 11) is 0. The van der Waals surface area contributed by atoms with Gasteiger partial charge in [0.25, 0.3) is 0 Å². The number of hydrogen-bond acceptors (Lipinski definition) is 2. The van der Waals surface area contributed by atoms with Crippen LogP contribution in [-0.2, 0) is 6.42 Å². The van der Waals surface area contributed by atoms with E-state index >= 15 is 0 Å². The van der Waals surface area contributed by atoms with Gasteiger partial charge in [-0.1, -0.05) is 24.3 Å². The molecule has 0 amide bonds. The Labute approximate surface area is 133 Å². The molecule has 3 rings (SSSR count). The molecule has 0 spiro atoms. The number of fused-ring (bicyclic) bond motifs is 1. The lowest BCUT2D eigenvalue weighted by molar-refractivity contribution is 0.104. The molecule has 1 aliphatic carbocycles. The first-order valence-corrected chi connectivity index (χ1v) is 7.66. The molecule has 100 valence electrons. The second-order valence-corrected chi connectivity index (χ2v) is 6.37. The van der Waals surface area contributed by atoms with Crippen LogP contribution in [0.4, 0.5) is 0 Å². The van der Waals surface area contributed by atoms with Gasteiger partial charge >= 0.3 is 0 Å². The summed E-state index contributed by atoms with van der Waals surface area (Å²) in [5, 5.41) is 9.70. The Hall–Kier alpha value is -1.39. The predicted octanol–water partition coefficient (Wildman–Crippen LogP) is 4.74. The minimum atomic E-state index is 0.0842. The van der Waals surface area contributed by atoms with Crippen LogP contribution < -0.4 is 0 Å². The van der Waals surface area contributed by atoms with Crippen molar-refractivity contribution in [1.29, 1.82) is 0 Å². The molecule has 0 saturated heterocycles. The van der Waals surface area contributed by atoms with Crippen molar-refractivity contribution in [3.63, 3.8) is 0 Å². The fourth-order valence-electron chi connectivity index (χ4n) is 2.34. The molecule has 0 bridgehead atoms. The van der Waals surface area contributed by atoms with Gasteiger partial charge in [0.2, 0.25) is 0 Å². The summed E-state index contributed by atoms with van der Waals surface area (Å²) < 4.78 is 1.20. The number of phenols is 1. The highest BCUT2D eigenvalue weighted by Gasteiger charge is 2.24. The molecule has 0 heterocycles. The van der Waals surface area contributed by atoms with Gasteiger partial charge in [0.15, 0.2) is 5.78 Å². The van der Waals surface area contributed by atoms with Gasteiger partial charge in [0.1, 0.15) is 5.75 Å². The van der Waals surface area contributed by atoms with Crippen molar-refractivity contribution in [2.75, 3.05) is 0 Å². The summed E-state index contributed by atoms with van der Waals surface area (Å²) in [6.45, 7) is 0. The first-order valence-electron chi connectivity index (χ1n) is 6.07. The number of aromatic hydroxyl groups is 1. The van der Waals surface area contributed by atoms with Gasteiger partial charge in [0, 0.05) is 17.6 Å². The number of carbonyl (C=O) groups excluding carboxylic acids is 1. The molecular weight excluding hydrogens is 384 g/mol. The zero-order chi connectivity index (χ0) is 14.3. The van der Waals surface area contributed by atoms with Crippen molar-refractivity contribution in [3.05, 3.63) is 67.6 Å². The van der Waals surface area contributed by atoms with Crippen LogP contribution in [-0.4, -0.2) is 10.9 Å². The third-order valence-electron chi connectivity index (χ3n) is 3.31. The molecule has 0 aliphatic heterocycles. The highest BCUT2D eigenvalue weighted by atomic mass is 79.9. The molecule has 20 heavy (non-hydrogen) atoms. The first kappa shape index (κ1) is 13.6. The second-order valence-electron chi connectivity index (χ2n) is 4.67. The fourth-order valence-corrected chi connectivity index (χ4v) is 3.56. The predicted molar refractivity (Wildman–Crippen MR) is 86.0 cm³/mol. The SMILES string of the molecule is O=C1C(=Cc2cc(Br)c(O)c(Br)c2)Cc2ccccc21. The molecule has 1 aliphatic rings. The molecule has 0 fully saturated rings. The second kappa shape index (κ2) is 5.19. The number of carbonyl (C=O) groups is 1. The zero-order valence-electron chi connectivity index (χ0n) is 10.4. The quantitative estimate of drug-likeness (QED) is 0.710. The van der Waals surface area contributed by atoms with Gasteiger partial charge in [-0.15, -0.1) is 0 Å². The van der Waals surface area contributed by atoms with Crippen LogP contribution in [0.25, 0.3) is 6.08 Å². The number of halogens is 2. The highest BCUT2D eigenvalue weighted by Crippen LogP contribution is 2.35. The number of Topliss-reactive ketones (excluding diaryl/α,β-unsaturated/α-hetero) is 1. The van der Waals surface area contributed by atoms with E-state index in [0.29, 0.717) is 15.4 Å². The van der Waals surface area contributed by atoms with Crippen molar-refractivity contribution < 1.29 is 9.90 Å². The maximum absolute atomic E-state index is 12.3. The Morgan fingerprint density at radius 1 is 1.10 bits per heavy atom. The molecule has 2 aromatic rings. The van der Waals surface area contributed by atoms with Crippen molar-refractivity contribution in [2.45, 2.75) is 6.42 Å². The lowest BCUT2D eigenvalue weighted by Gasteiger charge is -2.03. The van der Waals surface area contributed by atoms with E-state index < -0.39 is 0 Å². The van der Waals surface area contributed by atoms with Crippen LogP contribution in [0.2, 0.25) is 0 Å². The van der Waals surface area contributed by atoms with Crippen LogP contribution in [0.5, 0.6) is 5.75 Å². The average Bonchev–Trinajstić information content (AvgIpc) is 2.73. The van der Waals surface area contributed by atoms with Gasteiger partial charge < -0.3 is 5.11 Å². The van der Waals surface area contributed by atoms with E-state index in [-0.39, 0.29) is 11.5 Å². The molecule has 4 heteroatoms. The smallest absolute Gasteiger partial charge is 0.189 e. The zero-order valence-corrected chi connectivity index (χ0v) is 13.5. The van der Waals surface area contributed by atoms with E-state index in [1.807, 2.05) is 30.3 Å². The Bertz CT molecular complexity index is 725. The lowest BCUT2D eigenvalue weighted by atomic mass is 10.1. The van der Waals surface area contributed by atoms with Gasteiger partial charge in [-0.3, -0.25) is 4.79 Å². The van der Waals surface area contributed by atoms with E-state index in [9.17, 15) is 9.90 Å². The van der Waals surface area contributed by atoms with Crippen LogP contribution in [0, 0.1) is 0 Å². The third kappa shape index (κ3) is 2.34. The van der Waals surface area contributed by atoms with E-state index in [1.165, 1.54) is 0 Å². The van der Waals surface area contributed by atoms with Crippen molar-refractivity contribution in [1.82, 2.24) is 0 Å². The summed E-state index contributed by atoms with van der Waals surface area (Å²) in [4.78, 5) is 12.3. The molecule has 2 aromatic carbocycles. The van der Waals surface area contributed by atoms with Crippen LogP contribution in [0.1, 0.15) is 21.5 Å². The van der Waals surface area contributed by atoms with Crippen LogP contribution >= 0.6 is 31.9 Å². The van der Waals surface area contributed by atoms with Crippen molar-refractivity contribution in [3.8, 4) is 5.75 Å². The van der Waals surface area contributed by atoms with E-state index in [2.05, 4.69) is 31.9 Å². The number of rotatable bonds is 1. The number of benzene rings is 2. The Morgan fingerprint density at radius 2 is 1.75 bits per heavy atom. The standard InChI is InChI=1S/C16H10Br2O2/c17-13-6-9(7-14(18)16(13)20)5-11-8-10-3-1-2-4-12(10)15(11)19/h1-7,20H,8H2. The summed E-state index contributed by atoms with van der Waals surface area (Å²) >= 11 is 6.59. The number of ketones is 1. The highest BCUT2D eigenvalue weighted by molar-refractivity contribution is 9.11. The Kier molecular flexibility index (Phi) is 3.52. The molecule has 0 unspecified atom stereocenters. The minimum absolute atomic E-state index is 0.0842. The van der Waals surface area contributed by atoms with Gasteiger partial charge in [-0.25, -0.2) is 0 Å². The average molecular weight is 394 g/mol. The largest absolute Gasteiger partial charge is 0.506 e. The summed E-state index contributed by atoms with van der Waals surface area (Å²) in [6, 6.07) is 11.3. The molecule has 0 radical (unpaired) electrons. The molecule has 0 atom stereocenters. The summed E-state index contributed by atoms with van der Waals surface area (Å²) in [5.41, 5.74) is 3.50.